The summed E-state index contributed by atoms with van der Waals surface area (Å²) in [6.07, 6.45) is 1.45. The van der Waals surface area contributed by atoms with E-state index in [4.69, 9.17) is 0 Å². The summed E-state index contributed by atoms with van der Waals surface area (Å²) in [5, 5.41) is 8.05. The second kappa shape index (κ2) is 4.03. The predicted octanol–water partition coefficient (Wildman–Crippen LogP) is 1.10. The molecule has 0 aliphatic heterocycles. The average molecular weight is 269 g/mol. The zero-order chi connectivity index (χ0) is 10.8. The summed E-state index contributed by atoms with van der Waals surface area (Å²) < 4.78 is 2.41. The van der Waals surface area contributed by atoms with Crippen molar-refractivity contribution < 1.29 is 0 Å². The van der Waals surface area contributed by atoms with Crippen molar-refractivity contribution in [3.63, 3.8) is 0 Å². The lowest BCUT2D eigenvalue weighted by Crippen LogP contribution is -2.14. The number of fused-ring (bicyclic) bond motifs is 1. The molecule has 15 heavy (non-hydrogen) atoms. The number of halogens is 1. The molecule has 0 spiro atoms. The number of hydrogen-bond donors (Lipinski definition) is 1. The molecule has 78 valence electrons. The lowest BCUT2D eigenvalue weighted by atomic mass is 10.4. The predicted molar refractivity (Wildman–Crippen MR) is 61.3 cm³/mol. The molecule has 0 fully saturated rings. The first-order valence-electron chi connectivity index (χ1n) is 4.26. The van der Waals surface area contributed by atoms with E-state index in [2.05, 4.69) is 48.0 Å². The Morgan fingerprint density at radius 2 is 2.40 bits per heavy atom. The largest absolute Gasteiger partial charge is 0.301 e. The van der Waals surface area contributed by atoms with Gasteiger partial charge in [0, 0.05) is 0 Å². The van der Waals surface area contributed by atoms with Gasteiger partial charge in [-0.1, -0.05) is 0 Å². The molecule has 0 aromatic carbocycles. The smallest absolute Gasteiger partial charge is 0.166 e. The number of nitrogens with zero attached hydrogens (tertiary/aromatic N) is 5. The van der Waals surface area contributed by atoms with E-state index in [0.29, 0.717) is 17.1 Å². The van der Waals surface area contributed by atoms with E-state index in [1.54, 1.807) is 4.68 Å². The van der Waals surface area contributed by atoms with Crippen molar-refractivity contribution in [2.45, 2.75) is 6.67 Å². The molecular weight excluding hydrogens is 260 g/mol. The fourth-order valence-corrected chi connectivity index (χ4v) is 1.88. The molecule has 2 rings (SSSR count). The Bertz CT molecular complexity index is 505. The maximum absolute atomic E-state index is 4.27. The van der Waals surface area contributed by atoms with Crippen molar-refractivity contribution in [3.8, 4) is 0 Å². The van der Waals surface area contributed by atoms with Crippen molar-refractivity contribution in [2.24, 2.45) is 4.99 Å². The number of nitrogens with one attached hydrogen (secondary N) is 1. The van der Waals surface area contributed by atoms with Gasteiger partial charge in [0.25, 0.3) is 0 Å². The summed E-state index contributed by atoms with van der Waals surface area (Å²) in [5.74, 6) is 0.536. The van der Waals surface area contributed by atoms with Crippen LogP contribution in [0.3, 0.4) is 0 Å². The maximum Gasteiger partial charge on any atom is 0.166 e. The van der Waals surface area contributed by atoms with Gasteiger partial charge in [-0.05, 0) is 29.7 Å². The molecule has 0 unspecified atom stereocenters. The fourth-order valence-electron chi connectivity index (χ4n) is 1.33. The molecule has 1 N–H and O–H groups in total. The molecule has 0 amide bonds. The Balaban J connectivity index is 2.73. The fraction of sp³-hybridized carbons (Fsp3) is 0.250. The van der Waals surface area contributed by atoms with Gasteiger partial charge in [0.05, 0.1) is 12.1 Å². The van der Waals surface area contributed by atoms with Crippen LogP contribution in [0.1, 0.15) is 0 Å². The van der Waals surface area contributed by atoms with Crippen molar-refractivity contribution in [3.05, 3.63) is 10.9 Å². The molecule has 6 nitrogen and oxygen atoms in total. The minimum absolute atomic E-state index is 0.536. The summed E-state index contributed by atoms with van der Waals surface area (Å²) in [6, 6.07) is 0. The van der Waals surface area contributed by atoms with Crippen LogP contribution < -0.4 is 5.32 Å². The Morgan fingerprint density at radius 3 is 3.07 bits per heavy atom. The molecule has 0 atom stereocenters. The quantitative estimate of drug-likeness (QED) is 0.847. The Hall–Kier alpha value is -1.34. The Kier molecular flexibility index (Phi) is 2.74. The maximum atomic E-state index is 4.27. The summed E-state index contributed by atoms with van der Waals surface area (Å²) in [6.45, 7) is 4.04. The van der Waals surface area contributed by atoms with Crippen LogP contribution in [0.25, 0.3) is 11.0 Å². The number of hydrogen-bond acceptors (Lipinski definition) is 5. The molecule has 0 radical (unpaired) electrons. The highest BCUT2D eigenvalue weighted by Crippen LogP contribution is 2.28. The van der Waals surface area contributed by atoms with Gasteiger partial charge in [-0.2, -0.15) is 5.10 Å². The van der Waals surface area contributed by atoms with Gasteiger partial charge < -0.3 is 5.32 Å². The average Bonchev–Trinajstić information content (AvgIpc) is 2.57. The van der Waals surface area contributed by atoms with Crippen LogP contribution in [0.5, 0.6) is 0 Å². The molecule has 2 aromatic rings. The van der Waals surface area contributed by atoms with E-state index >= 15 is 0 Å². The first kappa shape index (κ1) is 10.2. The standard InChI is InChI=1S/C8H9BrN6/c1-10-4-15-8-5(6(9)14-15)7(11-2)12-3-13-8/h3,10H,2,4H2,1H3. The van der Waals surface area contributed by atoms with Crippen LogP contribution in [0, 0.1) is 0 Å². The number of aliphatic imine (C=N–C) groups is 1. The van der Waals surface area contributed by atoms with Crippen LogP contribution >= 0.6 is 15.9 Å². The minimum Gasteiger partial charge on any atom is -0.301 e. The molecule has 7 heteroatoms. The molecule has 0 bridgehead atoms. The van der Waals surface area contributed by atoms with Crippen LogP contribution in [0.4, 0.5) is 5.82 Å². The summed E-state index contributed by atoms with van der Waals surface area (Å²) in [5.41, 5.74) is 0.730. The Labute approximate surface area is 94.6 Å². The molecular formula is C8H9BrN6. The third kappa shape index (κ3) is 1.64. The normalized spacial score (nSPS) is 10.8. The van der Waals surface area contributed by atoms with Crippen molar-refractivity contribution >= 4 is 39.5 Å². The van der Waals surface area contributed by atoms with E-state index in [-0.39, 0.29) is 0 Å². The lowest BCUT2D eigenvalue weighted by molar-refractivity contribution is 0.565. The van der Waals surface area contributed by atoms with Crippen LogP contribution in [0.2, 0.25) is 0 Å². The molecule has 2 aromatic heterocycles. The van der Waals surface area contributed by atoms with Gasteiger partial charge in [-0.15, -0.1) is 0 Å². The summed E-state index contributed by atoms with van der Waals surface area (Å²) >= 11 is 3.35. The Morgan fingerprint density at radius 1 is 1.60 bits per heavy atom. The van der Waals surface area contributed by atoms with Crippen molar-refractivity contribution in [1.82, 2.24) is 25.1 Å². The van der Waals surface area contributed by atoms with Crippen LogP contribution in [0.15, 0.2) is 15.9 Å². The van der Waals surface area contributed by atoms with Gasteiger partial charge in [-0.25, -0.2) is 19.6 Å². The topological polar surface area (TPSA) is 68.0 Å². The molecule has 2 heterocycles. The highest BCUT2D eigenvalue weighted by Gasteiger charge is 2.13. The lowest BCUT2D eigenvalue weighted by Gasteiger charge is -1.99. The minimum atomic E-state index is 0.536. The monoisotopic (exact) mass is 268 g/mol. The second-order valence-electron chi connectivity index (χ2n) is 2.86. The van der Waals surface area contributed by atoms with Crippen molar-refractivity contribution in [1.29, 1.82) is 0 Å². The SMILES string of the molecule is C=Nc1ncnc2c1c(Br)nn2CNC. The highest BCUT2D eigenvalue weighted by atomic mass is 79.9. The zero-order valence-corrected chi connectivity index (χ0v) is 9.69. The van der Waals surface area contributed by atoms with Crippen LogP contribution in [-0.2, 0) is 6.67 Å². The zero-order valence-electron chi connectivity index (χ0n) is 8.11. The third-order valence-corrected chi connectivity index (χ3v) is 2.48. The number of aromatic nitrogens is 4. The molecule has 0 aliphatic rings. The molecule has 0 aliphatic carbocycles. The van der Waals surface area contributed by atoms with E-state index in [1.165, 1.54) is 6.33 Å². The number of rotatable bonds is 3. The van der Waals surface area contributed by atoms with Crippen LogP contribution in [-0.4, -0.2) is 33.5 Å². The first-order chi connectivity index (χ1) is 7.27. The van der Waals surface area contributed by atoms with Gasteiger partial charge >= 0.3 is 0 Å². The highest BCUT2D eigenvalue weighted by molar-refractivity contribution is 9.10. The van der Waals surface area contributed by atoms with Gasteiger partial charge in [-0.3, -0.25) is 0 Å². The van der Waals surface area contributed by atoms with E-state index < -0.39 is 0 Å². The molecule has 0 saturated heterocycles. The van der Waals surface area contributed by atoms with E-state index in [1.807, 2.05) is 7.05 Å². The third-order valence-electron chi connectivity index (χ3n) is 1.92. The van der Waals surface area contributed by atoms with Gasteiger partial charge in [0.15, 0.2) is 11.5 Å². The van der Waals surface area contributed by atoms with Crippen molar-refractivity contribution in [2.75, 3.05) is 7.05 Å². The summed E-state index contributed by atoms with van der Waals surface area (Å²) in [4.78, 5) is 12.0. The summed E-state index contributed by atoms with van der Waals surface area (Å²) in [7, 11) is 1.84. The van der Waals surface area contributed by atoms with Gasteiger partial charge in [0.1, 0.15) is 10.9 Å². The van der Waals surface area contributed by atoms with E-state index in [0.717, 1.165) is 11.0 Å². The second-order valence-corrected chi connectivity index (χ2v) is 3.61. The van der Waals surface area contributed by atoms with E-state index in [9.17, 15) is 0 Å². The first-order valence-corrected chi connectivity index (χ1v) is 5.05. The molecule has 0 saturated carbocycles. The van der Waals surface area contributed by atoms with Gasteiger partial charge in [0.2, 0.25) is 0 Å².